The molecule has 2 atom stereocenters. The summed E-state index contributed by atoms with van der Waals surface area (Å²) in [4.78, 5) is 2.57. The molecule has 1 saturated carbocycles. The van der Waals surface area contributed by atoms with Gasteiger partial charge < -0.3 is 10.4 Å². The summed E-state index contributed by atoms with van der Waals surface area (Å²) in [5, 5.41) is 13.5. The number of rotatable bonds is 5. The van der Waals surface area contributed by atoms with Crippen molar-refractivity contribution in [2.45, 2.75) is 57.2 Å². The molecule has 3 nitrogen and oxygen atoms in total. The third-order valence-corrected chi connectivity index (χ3v) is 5.29. The largest absolute Gasteiger partial charge is 0.393 e. The van der Waals surface area contributed by atoms with Gasteiger partial charge in [-0.3, -0.25) is 4.90 Å². The second kappa shape index (κ2) is 8.09. The van der Waals surface area contributed by atoms with Gasteiger partial charge in [0.05, 0.1) is 6.10 Å². The molecule has 0 spiro atoms. The molecule has 1 aliphatic heterocycles. The Morgan fingerprint density at radius 2 is 1.82 bits per heavy atom. The average Bonchev–Trinajstić information content (AvgIpc) is 2.55. The number of benzene rings is 1. The van der Waals surface area contributed by atoms with Crippen LogP contribution in [0.3, 0.4) is 0 Å². The van der Waals surface area contributed by atoms with Crippen molar-refractivity contribution in [3.63, 3.8) is 0 Å². The van der Waals surface area contributed by atoms with Crippen molar-refractivity contribution >= 4 is 0 Å². The highest BCUT2D eigenvalue weighted by molar-refractivity contribution is 5.14. The van der Waals surface area contributed by atoms with Gasteiger partial charge in [-0.1, -0.05) is 36.8 Å². The van der Waals surface area contributed by atoms with E-state index in [4.69, 9.17) is 0 Å². The normalized spacial score (nSPS) is 27.9. The molecule has 1 aliphatic carbocycles. The van der Waals surface area contributed by atoms with Crippen LogP contribution in [-0.2, 0) is 6.54 Å². The number of nitrogens with zero attached hydrogens (tertiary/aromatic N) is 1. The van der Waals surface area contributed by atoms with Gasteiger partial charge in [0.1, 0.15) is 0 Å². The maximum atomic E-state index is 9.76. The molecule has 0 amide bonds. The first-order valence-corrected chi connectivity index (χ1v) is 8.97. The van der Waals surface area contributed by atoms with Crippen LogP contribution in [0.15, 0.2) is 30.3 Å². The highest BCUT2D eigenvalue weighted by Gasteiger charge is 2.23. The number of likely N-dealkylation sites (tertiary alicyclic amines) is 1. The molecule has 2 aliphatic rings. The highest BCUT2D eigenvalue weighted by atomic mass is 16.3. The maximum Gasteiger partial charge on any atom is 0.0543 e. The van der Waals surface area contributed by atoms with Crippen molar-refractivity contribution in [1.29, 1.82) is 0 Å². The van der Waals surface area contributed by atoms with Gasteiger partial charge in [0, 0.05) is 12.6 Å². The Kier molecular flexibility index (Phi) is 5.88. The van der Waals surface area contributed by atoms with Crippen LogP contribution in [-0.4, -0.2) is 41.8 Å². The molecule has 0 radical (unpaired) electrons. The zero-order valence-electron chi connectivity index (χ0n) is 13.6. The van der Waals surface area contributed by atoms with Crippen molar-refractivity contribution in [3.8, 4) is 0 Å². The van der Waals surface area contributed by atoms with E-state index in [0.29, 0.717) is 12.0 Å². The molecule has 2 unspecified atom stereocenters. The van der Waals surface area contributed by atoms with E-state index in [1.54, 1.807) is 0 Å². The SMILES string of the molecule is OC1CCCC(CNC2CCN(Cc3ccccc3)CC2)C1. The molecule has 1 saturated heterocycles. The fourth-order valence-corrected chi connectivity index (χ4v) is 3.92. The molecular weight excluding hydrogens is 272 g/mol. The Morgan fingerprint density at radius 3 is 2.55 bits per heavy atom. The predicted octanol–water partition coefficient (Wildman–Crippen LogP) is 2.79. The molecule has 0 bridgehead atoms. The van der Waals surface area contributed by atoms with E-state index in [1.807, 2.05) is 0 Å². The quantitative estimate of drug-likeness (QED) is 0.878. The summed E-state index contributed by atoms with van der Waals surface area (Å²) in [5.41, 5.74) is 1.42. The van der Waals surface area contributed by atoms with Gasteiger partial charge in [-0.2, -0.15) is 0 Å². The van der Waals surface area contributed by atoms with Gasteiger partial charge >= 0.3 is 0 Å². The minimum Gasteiger partial charge on any atom is -0.393 e. The Balaban J connectivity index is 1.35. The molecule has 122 valence electrons. The van der Waals surface area contributed by atoms with E-state index in [0.717, 1.165) is 25.9 Å². The van der Waals surface area contributed by atoms with E-state index in [9.17, 15) is 5.11 Å². The number of aliphatic hydroxyl groups excluding tert-OH is 1. The van der Waals surface area contributed by atoms with Crippen molar-refractivity contribution in [2.24, 2.45) is 5.92 Å². The molecule has 0 aromatic heterocycles. The Hall–Kier alpha value is -0.900. The lowest BCUT2D eigenvalue weighted by Crippen LogP contribution is -2.44. The Morgan fingerprint density at radius 1 is 1.05 bits per heavy atom. The third kappa shape index (κ3) is 4.80. The second-order valence-corrected chi connectivity index (χ2v) is 7.13. The molecule has 1 aromatic carbocycles. The number of hydrogen-bond donors (Lipinski definition) is 2. The van der Waals surface area contributed by atoms with Crippen LogP contribution in [0.5, 0.6) is 0 Å². The number of aliphatic hydroxyl groups is 1. The molecule has 1 aromatic rings. The van der Waals surface area contributed by atoms with Crippen LogP contribution in [0, 0.1) is 5.92 Å². The van der Waals surface area contributed by atoms with Crippen LogP contribution >= 0.6 is 0 Å². The molecule has 3 heteroatoms. The fraction of sp³-hybridized carbons (Fsp3) is 0.684. The molecule has 3 rings (SSSR count). The summed E-state index contributed by atoms with van der Waals surface area (Å²) in [6.45, 7) is 4.57. The average molecular weight is 302 g/mol. The van der Waals surface area contributed by atoms with Gasteiger partial charge in [-0.15, -0.1) is 0 Å². The number of piperidine rings is 1. The molecule has 1 heterocycles. The van der Waals surface area contributed by atoms with E-state index in [2.05, 4.69) is 40.5 Å². The lowest BCUT2D eigenvalue weighted by molar-refractivity contribution is 0.0975. The second-order valence-electron chi connectivity index (χ2n) is 7.13. The lowest BCUT2D eigenvalue weighted by Gasteiger charge is -2.34. The number of hydrogen-bond acceptors (Lipinski definition) is 3. The van der Waals surface area contributed by atoms with Crippen molar-refractivity contribution < 1.29 is 5.11 Å². The summed E-state index contributed by atoms with van der Waals surface area (Å²) < 4.78 is 0. The van der Waals surface area contributed by atoms with Crippen molar-refractivity contribution in [2.75, 3.05) is 19.6 Å². The van der Waals surface area contributed by atoms with Gasteiger partial charge in [0.15, 0.2) is 0 Å². The zero-order chi connectivity index (χ0) is 15.2. The van der Waals surface area contributed by atoms with E-state index in [1.165, 1.54) is 44.3 Å². The summed E-state index contributed by atoms with van der Waals surface area (Å²) in [7, 11) is 0. The first kappa shape index (κ1) is 16.0. The first-order chi connectivity index (χ1) is 10.8. The van der Waals surface area contributed by atoms with Crippen LogP contribution < -0.4 is 5.32 Å². The molecular formula is C19H30N2O. The number of nitrogens with one attached hydrogen (secondary N) is 1. The fourth-order valence-electron chi connectivity index (χ4n) is 3.92. The highest BCUT2D eigenvalue weighted by Crippen LogP contribution is 2.24. The van der Waals surface area contributed by atoms with Crippen LogP contribution in [0.2, 0.25) is 0 Å². The lowest BCUT2D eigenvalue weighted by atomic mass is 9.87. The van der Waals surface area contributed by atoms with Crippen LogP contribution in [0.1, 0.15) is 44.1 Å². The topological polar surface area (TPSA) is 35.5 Å². The Bertz CT molecular complexity index is 428. The summed E-state index contributed by atoms with van der Waals surface area (Å²) in [5.74, 6) is 0.686. The molecule has 22 heavy (non-hydrogen) atoms. The smallest absolute Gasteiger partial charge is 0.0543 e. The molecule has 2 fully saturated rings. The summed E-state index contributed by atoms with van der Waals surface area (Å²) in [6.07, 6.45) is 6.95. The van der Waals surface area contributed by atoms with Crippen LogP contribution in [0.25, 0.3) is 0 Å². The standard InChI is InChI=1S/C19H30N2O/c22-19-8-4-7-17(13-19)14-20-18-9-11-21(12-10-18)15-16-5-2-1-3-6-16/h1-3,5-6,17-20,22H,4,7-15H2. The van der Waals surface area contributed by atoms with E-state index < -0.39 is 0 Å². The minimum atomic E-state index is -0.0479. The third-order valence-electron chi connectivity index (χ3n) is 5.29. The van der Waals surface area contributed by atoms with Crippen molar-refractivity contribution in [1.82, 2.24) is 10.2 Å². The van der Waals surface area contributed by atoms with Crippen LogP contribution in [0.4, 0.5) is 0 Å². The predicted molar refractivity (Wildman–Crippen MR) is 90.7 cm³/mol. The monoisotopic (exact) mass is 302 g/mol. The van der Waals surface area contributed by atoms with E-state index in [-0.39, 0.29) is 6.10 Å². The summed E-state index contributed by atoms with van der Waals surface area (Å²) >= 11 is 0. The maximum absolute atomic E-state index is 9.76. The summed E-state index contributed by atoms with van der Waals surface area (Å²) in [6, 6.07) is 11.5. The van der Waals surface area contributed by atoms with Gasteiger partial charge in [-0.25, -0.2) is 0 Å². The van der Waals surface area contributed by atoms with Gasteiger partial charge in [0.25, 0.3) is 0 Å². The zero-order valence-corrected chi connectivity index (χ0v) is 13.6. The first-order valence-electron chi connectivity index (χ1n) is 8.97. The minimum absolute atomic E-state index is 0.0479. The van der Waals surface area contributed by atoms with Gasteiger partial charge in [0.2, 0.25) is 0 Å². The molecule has 2 N–H and O–H groups in total. The van der Waals surface area contributed by atoms with Gasteiger partial charge in [-0.05, 0) is 63.2 Å². The van der Waals surface area contributed by atoms with Crippen molar-refractivity contribution in [3.05, 3.63) is 35.9 Å². The Labute approximate surface area is 134 Å². The van der Waals surface area contributed by atoms with E-state index >= 15 is 0 Å².